The van der Waals surface area contributed by atoms with Crippen LogP contribution in [0.4, 0.5) is 0 Å². The summed E-state index contributed by atoms with van der Waals surface area (Å²) in [5, 5.41) is 15.9. The molecule has 218 valence electrons. The van der Waals surface area contributed by atoms with Gasteiger partial charge in [-0.05, 0) is 71.4 Å². The molecule has 0 unspecified atom stereocenters. The highest BCUT2D eigenvalue weighted by Crippen LogP contribution is 2.43. The van der Waals surface area contributed by atoms with Gasteiger partial charge in [-0.15, -0.1) is 0 Å². The summed E-state index contributed by atoms with van der Waals surface area (Å²) < 4.78 is 19.6. The number of hydrogen-bond donors (Lipinski definition) is 0. The fourth-order valence-electron chi connectivity index (χ4n) is 4.64. The normalized spacial score (nSPS) is 11.3. The van der Waals surface area contributed by atoms with Crippen molar-refractivity contribution < 1.29 is 13.9 Å². The Kier molecular flexibility index (Phi) is 8.40. The molecular weight excluding hydrogens is 667 g/mol. The third-order valence-electron chi connectivity index (χ3n) is 6.73. The molecule has 0 atom stereocenters. The van der Waals surface area contributed by atoms with Crippen molar-refractivity contribution in [1.29, 1.82) is 5.26 Å². The Morgan fingerprint density at radius 3 is 2.68 bits per heavy atom. The fraction of sp³-hybridized carbons (Fsp3) is 0.0909. The minimum absolute atomic E-state index is 0.105. The summed E-state index contributed by atoms with van der Waals surface area (Å²) in [6, 6.07) is 25.1. The minimum atomic E-state index is -0.385. The van der Waals surface area contributed by atoms with Crippen LogP contribution < -0.4 is 15.0 Å². The van der Waals surface area contributed by atoms with E-state index in [1.807, 2.05) is 25.1 Å². The molecule has 0 saturated heterocycles. The zero-order valence-corrected chi connectivity index (χ0v) is 26.2. The lowest BCUT2D eigenvalue weighted by molar-refractivity contribution is 0.269. The van der Waals surface area contributed by atoms with Gasteiger partial charge in [-0.1, -0.05) is 53.5 Å². The first kappa shape index (κ1) is 29.5. The molecule has 0 spiro atoms. The van der Waals surface area contributed by atoms with Crippen molar-refractivity contribution in [3.05, 3.63) is 120 Å². The topological polar surface area (TPSA) is 103 Å². The Morgan fingerprint density at radius 2 is 1.86 bits per heavy atom. The highest BCUT2D eigenvalue weighted by molar-refractivity contribution is 9.10. The third-order valence-corrected chi connectivity index (χ3v) is 8.41. The molecule has 0 radical (unpaired) electrons. The number of para-hydroxylation sites is 1. The van der Waals surface area contributed by atoms with E-state index < -0.39 is 0 Å². The van der Waals surface area contributed by atoms with Crippen molar-refractivity contribution in [1.82, 2.24) is 9.66 Å². The predicted octanol–water partition coefficient (Wildman–Crippen LogP) is 8.61. The van der Waals surface area contributed by atoms with Gasteiger partial charge in [0.25, 0.3) is 5.56 Å². The molecule has 0 aliphatic heterocycles. The number of nitrogens with zero attached hydrogens (tertiary/aromatic N) is 4. The number of hydrogen-bond acceptors (Lipinski definition) is 7. The molecule has 0 saturated carbocycles. The molecule has 0 bridgehead atoms. The first-order chi connectivity index (χ1) is 21.4. The van der Waals surface area contributed by atoms with Crippen LogP contribution in [0.2, 0.25) is 10.0 Å². The Hall–Kier alpha value is -4.62. The summed E-state index contributed by atoms with van der Waals surface area (Å²) in [6.45, 7) is 2.28. The maximum absolute atomic E-state index is 13.7. The first-order valence-corrected chi connectivity index (χ1v) is 14.9. The van der Waals surface area contributed by atoms with Gasteiger partial charge in [-0.25, -0.2) is 4.98 Å². The van der Waals surface area contributed by atoms with Crippen LogP contribution in [0.5, 0.6) is 11.5 Å². The van der Waals surface area contributed by atoms with E-state index in [9.17, 15) is 10.1 Å². The number of ether oxygens (including phenoxy) is 2. The number of rotatable bonds is 8. The second kappa shape index (κ2) is 12.5. The predicted molar refractivity (Wildman–Crippen MR) is 175 cm³/mol. The molecule has 0 amide bonds. The molecule has 2 aromatic heterocycles. The Bertz CT molecular complexity index is 2190. The van der Waals surface area contributed by atoms with Crippen molar-refractivity contribution in [3.8, 4) is 29.2 Å². The lowest BCUT2D eigenvalue weighted by atomic mass is 10.1. The standard InChI is InChI=1S/C33H21BrCl2N4O4/c1-2-42-27-15-22(29(34)30(36)31(27)43-18-20-8-4-3-7-19(20)16-37)17-38-40-32(39-25-10-6-5-9-24(25)33(40)41)28-14-21-13-23(35)11-12-26(21)44-28/h3-15,17H,2,18H2,1H3. The quantitative estimate of drug-likeness (QED) is 0.149. The molecule has 11 heteroatoms. The van der Waals surface area contributed by atoms with E-state index in [1.54, 1.807) is 60.7 Å². The van der Waals surface area contributed by atoms with Crippen LogP contribution in [0.25, 0.3) is 33.5 Å². The molecule has 4 aromatic carbocycles. The van der Waals surface area contributed by atoms with E-state index in [4.69, 9.17) is 42.1 Å². The lowest BCUT2D eigenvalue weighted by Crippen LogP contribution is -2.20. The van der Waals surface area contributed by atoms with Crippen LogP contribution in [0.15, 0.2) is 97.6 Å². The molecule has 6 rings (SSSR count). The molecule has 0 aliphatic carbocycles. The highest BCUT2D eigenvalue weighted by atomic mass is 79.9. The minimum Gasteiger partial charge on any atom is -0.490 e. The van der Waals surface area contributed by atoms with Gasteiger partial charge >= 0.3 is 0 Å². The third kappa shape index (κ3) is 5.67. The van der Waals surface area contributed by atoms with Crippen LogP contribution in [0.3, 0.4) is 0 Å². The van der Waals surface area contributed by atoms with E-state index in [-0.39, 0.29) is 23.0 Å². The summed E-state index contributed by atoms with van der Waals surface area (Å²) >= 11 is 16.5. The summed E-state index contributed by atoms with van der Waals surface area (Å²) in [5.74, 6) is 1.22. The van der Waals surface area contributed by atoms with Gasteiger partial charge in [-0.2, -0.15) is 15.0 Å². The summed E-state index contributed by atoms with van der Waals surface area (Å²) in [6.07, 6.45) is 1.48. The lowest BCUT2D eigenvalue weighted by Gasteiger charge is -2.16. The Morgan fingerprint density at radius 1 is 1.07 bits per heavy atom. The average molecular weight is 688 g/mol. The largest absolute Gasteiger partial charge is 0.490 e. The van der Waals surface area contributed by atoms with E-state index in [1.165, 1.54) is 10.9 Å². The van der Waals surface area contributed by atoms with Gasteiger partial charge in [0.2, 0.25) is 5.82 Å². The molecule has 0 aliphatic rings. The maximum atomic E-state index is 13.7. The summed E-state index contributed by atoms with van der Waals surface area (Å²) in [7, 11) is 0. The van der Waals surface area contributed by atoms with Gasteiger partial charge in [-0.3, -0.25) is 4.79 Å². The number of fused-ring (bicyclic) bond motifs is 2. The van der Waals surface area contributed by atoms with Gasteiger partial charge in [0, 0.05) is 26.0 Å². The Labute approximate surface area is 269 Å². The highest BCUT2D eigenvalue weighted by Gasteiger charge is 2.20. The molecule has 8 nitrogen and oxygen atoms in total. The van der Waals surface area contributed by atoms with E-state index in [0.29, 0.717) is 66.5 Å². The molecular formula is C33H21BrCl2N4O4. The SMILES string of the molecule is CCOc1cc(C=Nn2c(-c3cc4cc(Cl)ccc4o3)nc3ccccc3c2=O)c(Br)c(Cl)c1OCc1ccccc1C#N. The van der Waals surface area contributed by atoms with Gasteiger partial charge < -0.3 is 13.9 Å². The zero-order chi connectivity index (χ0) is 30.8. The fourth-order valence-corrected chi connectivity index (χ4v) is 5.47. The van der Waals surface area contributed by atoms with Crippen molar-refractivity contribution in [2.24, 2.45) is 5.10 Å². The molecule has 44 heavy (non-hydrogen) atoms. The monoisotopic (exact) mass is 686 g/mol. The van der Waals surface area contributed by atoms with Crippen LogP contribution in [-0.2, 0) is 6.61 Å². The average Bonchev–Trinajstić information content (AvgIpc) is 3.46. The van der Waals surface area contributed by atoms with Crippen molar-refractivity contribution >= 4 is 67.2 Å². The second-order valence-electron chi connectivity index (χ2n) is 9.52. The number of benzene rings is 4. The Balaban J connectivity index is 1.44. The molecule has 6 aromatic rings. The molecule has 0 fully saturated rings. The van der Waals surface area contributed by atoms with Gasteiger partial charge in [0.1, 0.15) is 17.2 Å². The van der Waals surface area contributed by atoms with Crippen LogP contribution >= 0.6 is 39.1 Å². The van der Waals surface area contributed by atoms with E-state index >= 15 is 0 Å². The molecule has 2 heterocycles. The van der Waals surface area contributed by atoms with Crippen molar-refractivity contribution in [3.63, 3.8) is 0 Å². The smallest absolute Gasteiger partial charge is 0.282 e. The maximum Gasteiger partial charge on any atom is 0.282 e. The number of halogens is 3. The second-order valence-corrected chi connectivity index (χ2v) is 11.1. The van der Waals surface area contributed by atoms with Crippen LogP contribution in [0, 0.1) is 11.3 Å². The number of aromatic nitrogens is 2. The van der Waals surface area contributed by atoms with E-state index in [2.05, 4.69) is 27.1 Å². The summed E-state index contributed by atoms with van der Waals surface area (Å²) in [5.41, 5.74) is 2.43. The van der Waals surface area contributed by atoms with Gasteiger partial charge in [0.15, 0.2) is 17.3 Å². The molecule has 0 N–H and O–H groups in total. The first-order valence-electron chi connectivity index (χ1n) is 13.4. The van der Waals surface area contributed by atoms with Crippen LogP contribution in [-0.4, -0.2) is 22.5 Å². The number of nitriles is 1. The van der Waals surface area contributed by atoms with E-state index in [0.717, 1.165) is 5.39 Å². The van der Waals surface area contributed by atoms with Gasteiger partial charge in [0.05, 0.1) is 35.4 Å². The van der Waals surface area contributed by atoms with Crippen LogP contribution in [0.1, 0.15) is 23.6 Å². The van der Waals surface area contributed by atoms with Crippen molar-refractivity contribution in [2.45, 2.75) is 13.5 Å². The summed E-state index contributed by atoms with van der Waals surface area (Å²) in [4.78, 5) is 18.4. The zero-order valence-electron chi connectivity index (χ0n) is 23.1. The number of furan rings is 1. The van der Waals surface area contributed by atoms with Crippen molar-refractivity contribution in [2.75, 3.05) is 6.61 Å².